The Kier molecular flexibility index (Phi) is 7.31. The van der Waals surface area contributed by atoms with E-state index in [1.165, 1.54) is 0 Å². The van der Waals surface area contributed by atoms with Crippen LogP contribution in [0.5, 0.6) is 5.75 Å². The summed E-state index contributed by atoms with van der Waals surface area (Å²) >= 11 is 1.58. The van der Waals surface area contributed by atoms with Crippen LogP contribution in [-0.4, -0.2) is 34.5 Å². The van der Waals surface area contributed by atoms with Crippen LogP contribution in [0.3, 0.4) is 0 Å². The van der Waals surface area contributed by atoms with Gasteiger partial charge in [-0.05, 0) is 30.7 Å². The van der Waals surface area contributed by atoms with Gasteiger partial charge in [0.2, 0.25) is 11.8 Å². The highest BCUT2D eigenvalue weighted by Gasteiger charge is 2.12. The fourth-order valence-corrected chi connectivity index (χ4v) is 2.60. The van der Waals surface area contributed by atoms with Crippen molar-refractivity contribution in [3.05, 3.63) is 24.3 Å². The van der Waals surface area contributed by atoms with Crippen LogP contribution >= 0.6 is 11.8 Å². The molecule has 0 aliphatic carbocycles. The predicted octanol–water partition coefficient (Wildman–Crippen LogP) is 3.78. The lowest BCUT2D eigenvalue weighted by atomic mass is 10.2. The van der Waals surface area contributed by atoms with Crippen LogP contribution in [0.2, 0.25) is 0 Å². The van der Waals surface area contributed by atoms with Crippen LogP contribution < -0.4 is 10.1 Å². The van der Waals surface area contributed by atoms with Gasteiger partial charge in [0.1, 0.15) is 12.4 Å². The van der Waals surface area contributed by atoms with E-state index in [4.69, 9.17) is 9.15 Å². The van der Waals surface area contributed by atoms with E-state index in [1.807, 2.05) is 38.1 Å². The quantitative estimate of drug-likeness (QED) is 0.540. The Hall–Kier alpha value is -2.02. The highest BCUT2D eigenvalue weighted by atomic mass is 32.2. The Labute approximate surface area is 152 Å². The SMILES string of the molecule is CCC(C)Sc1nnc(-c2ccc(OCCNC(=O)C(C)C)cc2)o1. The summed E-state index contributed by atoms with van der Waals surface area (Å²) < 4.78 is 11.3. The largest absolute Gasteiger partial charge is 0.492 e. The van der Waals surface area contributed by atoms with Crippen molar-refractivity contribution in [1.29, 1.82) is 0 Å². The molecule has 0 aliphatic rings. The van der Waals surface area contributed by atoms with Crippen molar-refractivity contribution in [3.8, 4) is 17.2 Å². The van der Waals surface area contributed by atoms with Gasteiger partial charge >= 0.3 is 0 Å². The minimum atomic E-state index is -0.0166. The lowest BCUT2D eigenvalue weighted by molar-refractivity contribution is -0.124. The van der Waals surface area contributed by atoms with Gasteiger partial charge in [0.05, 0.1) is 6.54 Å². The van der Waals surface area contributed by atoms with E-state index in [1.54, 1.807) is 11.8 Å². The number of hydrogen-bond donors (Lipinski definition) is 1. The van der Waals surface area contributed by atoms with Gasteiger partial charge in [-0.25, -0.2) is 0 Å². The number of aromatic nitrogens is 2. The maximum atomic E-state index is 11.5. The molecule has 0 radical (unpaired) electrons. The number of amides is 1. The molecule has 0 saturated carbocycles. The Balaban J connectivity index is 1.84. The molecular weight excluding hydrogens is 338 g/mol. The third kappa shape index (κ3) is 6.08. The number of thioether (sulfide) groups is 1. The minimum absolute atomic E-state index is 0.0166. The van der Waals surface area contributed by atoms with Crippen molar-refractivity contribution in [2.45, 2.75) is 44.6 Å². The summed E-state index contributed by atoms with van der Waals surface area (Å²) in [6.45, 7) is 8.89. The molecule has 1 amide bonds. The molecule has 1 unspecified atom stereocenters. The van der Waals surface area contributed by atoms with Crippen LogP contribution in [0.4, 0.5) is 0 Å². The van der Waals surface area contributed by atoms with Gasteiger partial charge in [0.15, 0.2) is 0 Å². The molecule has 0 bridgehead atoms. The molecule has 0 spiro atoms. The lowest BCUT2D eigenvalue weighted by Crippen LogP contribution is -2.31. The number of carbonyl (C=O) groups excluding carboxylic acids is 1. The number of hydrogen-bond acceptors (Lipinski definition) is 6. The number of benzene rings is 1. The Morgan fingerprint density at radius 3 is 2.60 bits per heavy atom. The van der Waals surface area contributed by atoms with Crippen LogP contribution in [-0.2, 0) is 4.79 Å². The average Bonchev–Trinajstić information content (AvgIpc) is 3.07. The van der Waals surface area contributed by atoms with Gasteiger partial charge in [0, 0.05) is 16.7 Å². The molecule has 1 aromatic carbocycles. The third-order valence-electron chi connectivity index (χ3n) is 3.58. The molecule has 2 aromatic rings. The van der Waals surface area contributed by atoms with Gasteiger partial charge in [-0.15, -0.1) is 10.2 Å². The highest BCUT2D eigenvalue weighted by Crippen LogP contribution is 2.27. The third-order valence-corrected chi connectivity index (χ3v) is 4.68. The van der Waals surface area contributed by atoms with Crippen molar-refractivity contribution >= 4 is 17.7 Å². The maximum absolute atomic E-state index is 11.5. The van der Waals surface area contributed by atoms with Gasteiger partial charge in [-0.1, -0.05) is 39.5 Å². The number of ether oxygens (including phenoxy) is 1. The first-order valence-electron chi connectivity index (χ1n) is 8.50. The van der Waals surface area contributed by atoms with E-state index >= 15 is 0 Å². The summed E-state index contributed by atoms with van der Waals surface area (Å²) in [6.07, 6.45) is 1.05. The second kappa shape index (κ2) is 9.46. The molecule has 6 nitrogen and oxygen atoms in total. The average molecular weight is 363 g/mol. The summed E-state index contributed by atoms with van der Waals surface area (Å²) in [4.78, 5) is 11.5. The summed E-state index contributed by atoms with van der Waals surface area (Å²) in [7, 11) is 0. The number of carbonyl (C=O) groups is 1. The van der Waals surface area contributed by atoms with E-state index < -0.39 is 0 Å². The monoisotopic (exact) mass is 363 g/mol. The Morgan fingerprint density at radius 2 is 1.96 bits per heavy atom. The molecular formula is C18H25N3O3S. The normalized spacial score (nSPS) is 12.2. The fourth-order valence-electron chi connectivity index (χ4n) is 1.87. The molecule has 0 fully saturated rings. The molecule has 0 aliphatic heterocycles. The molecule has 1 N–H and O–H groups in total. The minimum Gasteiger partial charge on any atom is -0.492 e. The fraction of sp³-hybridized carbons (Fsp3) is 0.500. The summed E-state index contributed by atoms with van der Waals surface area (Å²) in [6, 6.07) is 7.47. The van der Waals surface area contributed by atoms with E-state index in [9.17, 15) is 4.79 Å². The van der Waals surface area contributed by atoms with E-state index in [0.29, 0.717) is 29.5 Å². The first-order chi connectivity index (χ1) is 12.0. The highest BCUT2D eigenvalue weighted by molar-refractivity contribution is 7.99. The summed E-state index contributed by atoms with van der Waals surface area (Å²) in [5.41, 5.74) is 0.851. The second-order valence-electron chi connectivity index (χ2n) is 6.03. The molecule has 7 heteroatoms. The number of nitrogens with zero attached hydrogens (tertiary/aromatic N) is 2. The molecule has 25 heavy (non-hydrogen) atoms. The zero-order valence-corrected chi connectivity index (χ0v) is 15.9. The number of nitrogens with one attached hydrogen (secondary N) is 1. The van der Waals surface area contributed by atoms with Gasteiger partial charge < -0.3 is 14.5 Å². The summed E-state index contributed by atoms with van der Waals surface area (Å²) in [5.74, 6) is 1.25. The molecule has 1 aromatic heterocycles. The molecule has 136 valence electrons. The van der Waals surface area contributed by atoms with Crippen molar-refractivity contribution in [2.75, 3.05) is 13.2 Å². The van der Waals surface area contributed by atoms with Crippen LogP contribution in [0.1, 0.15) is 34.1 Å². The van der Waals surface area contributed by atoms with Crippen molar-refractivity contribution in [3.63, 3.8) is 0 Å². The summed E-state index contributed by atoms with van der Waals surface area (Å²) in [5, 5.41) is 12.0. The molecule has 2 rings (SSSR count). The zero-order valence-electron chi connectivity index (χ0n) is 15.1. The molecule has 1 atom stereocenters. The maximum Gasteiger partial charge on any atom is 0.277 e. The first kappa shape index (κ1) is 19.3. The Morgan fingerprint density at radius 1 is 1.24 bits per heavy atom. The van der Waals surface area contributed by atoms with Gasteiger partial charge in [-0.2, -0.15) is 0 Å². The van der Waals surface area contributed by atoms with Crippen molar-refractivity contribution in [1.82, 2.24) is 15.5 Å². The Bertz CT molecular complexity index is 670. The van der Waals surface area contributed by atoms with Crippen molar-refractivity contribution < 1.29 is 13.9 Å². The topological polar surface area (TPSA) is 77.3 Å². The van der Waals surface area contributed by atoms with Crippen LogP contribution in [0, 0.1) is 5.92 Å². The second-order valence-corrected chi connectivity index (χ2v) is 7.42. The standard InChI is InChI=1S/C18H25N3O3S/c1-5-13(4)25-18-21-20-17(24-18)14-6-8-15(9-7-14)23-11-10-19-16(22)12(2)3/h6-9,12-13H,5,10-11H2,1-4H3,(H,19,22). The first-order valence-corrected chi connectivity index (χ1v) is 9.38. The zero-order chi connectivity index (χ0) is 18.2. The van der Waals surface area contributed by atoms with Gasteiger partial charge in [0.25, 0.3) is 5.22 Å². The molecule has 1 heterocycles. The van der Waals surface area contributed by atoms with E-state index in [-0.39, 0.29) is 11.8 Å². The van der Waals surface area contributed by atoms with Crippen molar-refractivity contribution in [2.24, 2.45) is 5.92 Å². The van der Waals surface area contributed by atoms with E-state index in [0.717, 1.165) is 17.7 Å². The molecule has 0 saturated heterocycles. The number of rotatable bonds is 9. The smallest absolute Gasteiger partial charge is 0.277 e. The lowest BCUT2D eigenvalue weighted by Gasteiger charge is -2.09. The van der Waals surface area contributed by atoms with Crippen LogP contribution in [0.25, 0.3) is 11.5 Å². The van der Waals surface area contributed by atoms with Gasteiger partial charge in [-0.3, -0.25) is 4.79 Å². The van der Waals surface area contributed by atoms with Crippen LogP contribution in [0.15, 0.2) is 33.9 Å². The predicted molar refractivity (Wildman–Crippen MR) is 98.7 cm³/mol. The van der Waals surface area contributed by atoms with E-state index in [2.05, 4.69) is 29.4 Å².